The first-order chi connectivity index (χ1) is 9.17. The molecular weight excluding hydrogens is 262 g/mol. The lowest BCUT2D eigenvalue weighted by atomic mass is 10.3. The van der Waals surface area contributed by atoms with Crippen molar-refractivity contribution in [3.63, 3.8) is 0 Å². The number of hydrogen-bond donors (Lipinski definition) is 1. The Bertz CT molecular complexity index is 719. The Morgan fingerprint density at radius 3 is 2.79 bits per heavy atom. The lowest BCUT2D eigenvalue weighted by Crippen LogP contribution is -1.98. The van der Waals surface area contributed by atoms with Crippen LogP contribution in [0.2, 0.25) is 0 Å². The molecule has 0 saturated carbocycles. The van der Waals surface area contributed by atoms with Crippen LogP contribution in [0.25, 0.3) is 10.2 Å². The van der Waals surface area contributed by atoms with Crippen LogP contribution >= 0.6 is 11.3 Å². The minimum atomic E-state index is -0.248. The first-order valence-electron chi connectivity index (χ1n) is 5.27. The fraction of sp³-hybridized carbons (Fsp3) is 0.167. The second-order valence-corrected chi connectivity index (χ2v) is 4.78. The van der Waals surface area contributed by atoms with Crippen molar-refractivity contribution in [2.45, 2.75) is 6.92 Å². The molecule has 1 aromatic carbocycles. The van der Waals surface area contributed by atoms with E-state index in [0.717, 1.165) is 15.2 Å². The van der Waals surface area contributed by atoms with E-state index in [1.807, 2.05) is 13.0 Å². The van der Waals surface area contributed by atoms with Crippen LogP contribution in [0.1, 0.15) is 5.01 Å². The highest BCUT2D eigenvalue weighted by atomic mass is 32.1. The standard InChI is InChI=1S/C12H9N5OS/c1-7-15-10-3-11(18-2)9(4-12(10)19-7)17-16-8(5-13)6-14/h3-4,17H,1-2H3. The molecule has 6 nitrogen and oxygen atoms in total. The smallest absolute Gasteiger partial charge is 0.237 e. The molecule has 94 valence electrons. The molecule has 1 heterocycles. The number of hydrazone groups is 1. The summed E-state index contributed by atoms with van der Waals surface area (Å²) in [7, 11) is 1.53. The number of hydrogen-bond acceptors (Lipinski definition) is 7. The summed E-state index contributed by atoms with van der Waals surface area (Å²) in [5.74, 6) is 0.553. The van der Waals surface area contributed by atoms with E-state index in [9.17, 15) is 0 Å². The molecule has 7 heteroatoms. The molecular formula is C12H9N5OS. The number of nitrogens with zero attached hydrogens (tertiary/aromatic N) is 4. The molecule has 0 aliphatic rings. The Hall–Kier alpha value is -2.64. The van der Waals surface area contributed by atoms with E-state index >= 15 is 0 Å². The van der Waals surface area contributed by atoms with E-state index in [1.54, 1.807) is 29.5 Å². The molecule has 0 aliphatic heterocycles. The van der Waals surface area contributed by atoms with E-state index in [1.165, 1.54) is 7.11 Å². The van der Waals surface area contributed by atoms with Crippen molar-refractivity contribution in [3.05, 3.63) is 17.1 Å². The van der Waals surface area contributed by atoms with Crippen LogP contribution < -0.4 is 10.2 Å². The molecule has 19 heavy (non-hydrogen) atoms. The van der Waals surface area contributed by atoms with Crippen LogP contribution in [-0.4, -0.2) is 17.8 Å². The third kappa shape index (κ3) is 2.62. The molecule has 1 N–H and O–H groups in total. The van der Waals surface area contributed by atoms with Crippen LogP contribution in [0, 0.1) is 29.6 Å². The summed E-state index contributed by atoms with van der Waals surface area (Å²) in [6, 6.07) is 6.97. The van der Waals surface area contributed by atoms with Crippen LogP contribution in [0.5, 0.6) is 5.75 Å². The molecule has 1 aromatic heterocycles. The average molecular weight is 271 g/mol. The number of benzene rings is 1. The highest BCUT2D eigenvalue weighted by Gasteiger charge is 2.08. The van der Waals surface area contributed by atoms with Crippen molar-refractivity contribution in [2.75, 3.05) is 12.5 Å². The summed E-state index contributed by atoms with van der Waals surface area (Å²) in [6.07, 6.45) is 0. The third-order valence-corrected chi connectivity index (χ3v) is 3.25. The van der Waals surface area contributed by atoms with E-state index < -0.39 is 0 Å². The molecule has 0 amide bonds. The number of nitrogens with one attached hydrogen (secondary N) is 1. The van der Waals surface area contributed by atoms with E-state index in [0.29, 0.717) is 11.4 Å². The van der Waals surface area contributed by atoms with Crippen LogP contribution in [-0.2, 0) is 0 Å². The van der Waals surface area contributed by atoms with Crippen LogP contribution in [0.4, 0.5) is 5.69 Å². The van der Waals surface area contributed by atoms with Crippen LogP contribution in [0.15, 0.2) is 17.2 Å². The summed E-state index contributed by atoms with van der Waals surface area (Å²) in [4.78, 5) is 4.36. The summed E-state index contributed by atoms with van der Waals surface area (Å²) < 4.78 is 6.21. The zero-order valence-corrected chi connectivity index (χ0v) is 11.1. The quantitative estimate of drug-likeness (QED) is 0.683. The van der Waals surface area contributed by atoms with E-state index in [2.05, 4.69) is 15.5 Å². The Morgan fingerprint density at radius 2 is 2.16 bits per heavy atom. The van der Waals surface area contributed by atoms with Gasteiger partial charge in [-0.15, -0.1) is 11.3 Å². The fourth-order valence-corrected chi connectivity index (χ4v) is 2.37. The Balaban J connectivity index is 2.44. The predicted molar refractivity (Wildman–Crippen MR) is 73.2 cm³/mol. The van der Waals surface area contributed by atoms with Gasteiger partial charge in [-0.05, 0) is 13.0 Å². The monoisotopic (exact) mass is 271 g/mol. The van der Waals surface area contributed by atoms with Gasteiger partial charge in [-0.1, -0.05) is 0 Å². The number of aryl methyl sites for hydroxylation is 1. The summed E-state index contributed by atoms with van der Waals surface area (Å²) in [6.45, 7) is 1.92. The van der Waals surface area contributed by atoms with Gasteiger partial charge in [-0.2, -0.15) is 15.6 Å². The van der Waals surface area contributed by atoms with Crippen molar-refractivity contribution in [2.24, 2.45) is 5.10 Å². The molecule has 0 atom stereocenters. The average Bonchev–Trinajstić information content (AvgIpc) is 2.77. The molecule has 0 saturated heterocycles. The summed E-state index contributed by atoms with van der Waals surface area (Å²) in [5, 5.41) is 21.9. The topological polar surface area (TPSA) is 94.1 Å². The molecule has 0 spiro atoms. The van der Waals surface area contributed by atoms with Gasteiger partial charge in [-0.3, -0.25) is 5.43 Å². The van der Waals surface area contributed by atoms with Crippen molar-refractivity contribution >= 4 is 33.0 Å². The van der Waals surface area contributed by atoms with Gasteiger partial charge >= 0.3 is 0 Å². The van der Waals surface area contributed by atoms with Gasteiger partial charge in [0.1, 0.15) is 17.9 Å². The minimum Gasteiger partial charge on any atom is -0.494 e. The summed E-state index contributed by atoms with van der Waals surface area (Å²) in [5.41, 5.74) is 3.84. The van der Waals surface area contributed by atoms with Gasteiger partial charge in [0.15, 0.2) is 0 Å². The van der Waals surface area contributed by atoms with Crippen molar-refractivity contribution < 1.29 is 4.74 Å². The summed E-state index contributed by atoms with van der Waals surface area (Å²) >= 11 is 1.55. The molecule has 0 radical (unpaired) electrons. The molecule has 0 unspecified atom stereocenters. The largest absolute Gasteiger partial charge is 0.494 e. The predicted octanol–water partition coefficient (Wildman–Crippen LogP) is 2.43. The van der Waals surface area contributed by atoms with E-state index in [-0.39, 0.29) is 5.71 Å². The highest BCUT2D eigenvalue weighted by molar-refractivity contribution is 7.18. The van der Waals surface area contributed by atoms with Gasteiger partial charge in [-0.25, -0.2) is 4.98 Å². The third-order valence-electron chi connectivity index (χ3n) is 2.32. The van der Waals surface area contributed by atoms with Gasteiger partial charge in [0.2, 0.25) is 5.71 Å². The number of aromatic nitrogens is 1. The number of anilines is 1. The van der Waals surface area contributed by atoms with Crippen LogP contribution in [0.3, 0.4) is 0 Å². The van der Waals surface area contributed by atoms with Crippen molar-refractivity contribution in [3.8, 4) is 17.9 Å². The van der Waals surface area contributed by atoms with Gasteiger partial charge in [0, 0.05) is 6.07 Å². The molecule has 0 bridgehead atoms. The number of ether oxygens (including phenoxy) is 1. The first-order valence-corrected chi connectivity index (χ1v) is 6.08. The number of rotatable bonds is 3. The normalized spacial score (nSPS) is 9.47. The van der Waals surface area contributed by atoms with Crippen molar-refractivity contribution in [1.29, 1.82) is 10.5 Å². The number of methoxy groups -OCH3 is 1. The lowest BCUT2D eigenvalue weighted by Gasteiger charge is -2.07. The second-order valence-electron chi connectivity index (χ2n) is 3.55. The minimum absolute atomic E-state index is 0.248. The van der Waals surface area contributed by atoms with E-state index in [4.69, 9.17) is 15.3 Å². The maximum atomic E-state index is 8.62. The SMILES string of the molecule is COc1cc2nc(C)sc2cc1NN=C(C#N)C#N. The number of nitriles is 2. The Kier molecular flexibility index (Phi) is 3.60. The highest BCUT2D eigenvalue weighted by Crippen LogP contribution is 2.32. The first kappa shape index (κ1) is 12.8. The second kappa shape index (κ2) is 5.34. The van der Waals surface area contributed by atoms with Gasteiger partial charge < -0.3 is 4.74 Å². The van der Waals surface area contributed by atoms with Gasteiger partial charge in [0.25, 0.3) is 0 Å². The maximum Gasteiger partial charge on any atom is 0.237 e. The van der Waals surface area contributed by atoms with Gasteiger partial charge in [0.05, 0.1) is 28.0 Å². The number of thiazole rings is 1. The molecule has 2 aromatic rings. The zero-order chi connectivity index (χ0) is 13.8. The Labute approximate surface area is 113 Å². The Morgan fingerprint density at radius 1 is 1.42 bits per heavy atom. The zero-order valence-electron chi connectivity index (χ0n) is 10.3. The van der Waals surface area contributed by atoms with Crippen molar-refractivity contribution in [1.82, 2.24) is 4.98 Å². The maximum absolute atomic E-state index is 8.62. The fourth-order valence-electron chi connectivity index (χ4n) is 1.52. The molecule has 0 fully saturated rings. The lowest BCUT2D eigenvalue weighted by molar-refractivity contribution is 0.417. The number of fused-ring (bicyclic) bond motifs is 1. The molecule has 0 aliphatic carbocycles. The molecule has 2 rings (SSSR count).